The molecule has 2 saturated heterocycles. The SMILES string of the molecule is C[C@H]1CCCN(CCCNC(=O)c2nc(-c3ccc(N4CCOCC4)cc3)no2)C1. The minimum Gasteiger partial charge on any atom is -0.378 e. The number of ether oxygens (including phenoxy) is 1. The van der Waals surface area contributed by atoms with Gasteiger partial charge in [0.15, 0.2) is 0 Å². The molecule has 0 spiro atoms. The molecule has 3 heterocycles. The second kappa shape index (κ2) is 10.0. The number of nitrogens with one attached hydrogen (secondary N) is 1. The van der Waals surface area contributed by atoms with Gasteiger partial charge in [-0.3, -0.25) is 4.79 Å². The van der Waals surface area contributed by atoms with E-state index in [9.17, 15) is 4.79 Å². The molecule has 2 aliphatic rings. The van der Waals surface area contributed by atoms with E-state index >= 15 is 0 Å². The number of piperidine rings is 1. The Morgan fingerprint density at radius 3 is 2.77 bits per heavy atom. The number of nitrogens with zero attached hydrogens (tertiary/aromatic N) is 4. The molecule has 2 aromatic rings. The highest BCUT2D eigenvalue weighted by atomic mass is 16.5. The van der Waals surface area contributed by atoms with Crippen LogP contribution in [0.1, 0.15) is 36.9 Å². The number of aromatic nitrogens is 2. The Balaban J connectivity index is 1.25. The van der Waals surface area contributed by atoms with Gasteiger partial charge in [-0.05, 0) is 62.5 Å². The molecule has 0 unspecified atom stereocenters. The summed E-state index contributed by atoms with van der Waals surface area (Å²) in [6, 6.07) is 7.99. The Morgan fingerprint density at radius 1 is 1.20 bits per heavy atom. The minimum atomic E-state index is -0.314. The lowest BCUT2D eigenvalue weighted by Crippen LogP contribution is -2.36. The Kier molecular flexibility index (Phi) is 6.96. The molecule has 2 fully saturated rings. The lowest BCUT2D eigenvalue weighted by atomic mass is 10.0. The fourth-order valence-electron chi connectivity index (χ4n) is 4.15. The summed E-state index contributed by atoms with van der Waals surface area (Å²) >= 11 is 0. The van der Waals surface area contributed by atoms with Crippen molar-refractivity contribution in [2.75, 3.05) is 57.4 Å². The van der Waals surface area contributed by atoms with Crippen LogP contribution < -0.4 is 10.2 Å². The summed E-state index contributed by atoms with van der Waals surface area (Å²) in [5.41, 5.74) is 1.97. The van der Waals surface area contributed by atoms with E-state index in [4.69, 9.17) is 9.26 Å². The first kappa shape index (κ1) is 20.8. The number of anilines is 1. The van der Waals surface area contributed by atoms with Crippen molar-refractivity contribution in [2.24, 2.45) is 5.92 Å². The van der Waals surface area contributed by atoms with Crippen LogP contribution >= 0.6 is 0 Å². The van der Waals surface area contributed by atoms with Crippen LogP contribution in [0.3, 0.4) is 0 Å². The quantitative estimate of drug-likeness (QED) is 0.698. The van der Waals surface area contributed by atoms with Crippen LogP contribution in [0.2, 0.25) is 0 Å². The molecule has 0 aliphatic carbocycles. The molecule has 1 aromatic carbocycles. The minimum absolute atomic E-state index is 0.00819. The van der Waals surface area contributed by atoms with E-state index in [1.807, 2.05) is 24.3 Å². The Morgan fingerprint density at radius 2 is 2.00 bits per heavy atom. The number of rotatable bonds is 7. The van der Waals surface area contributed by atoms with Crippen LogP contribution in [0.25, 0.3) is 11.4 Å². The molecule has 1 aromatic heterocycles. The van der Waals surface area contributed by atoms with Crippen molar-refractivity contribution < 1.29 is 14.1 Å². The first-order valence-electron chi connectivity index (χ1n) is 11.0. The van der Waals surface area contributed by atoms with E-state index in [0.717, 1.165) is 69.5 Å². The van der Waals surface area contributed by atoms with Crippen LogP contribution in [-0.4, -0.2) is 73.4 Å². The van der Waals surface area contributed by atoms with Crippen LogP contribution in [0.15, 0.2) is 28.8 Å². The van der Waals surface area contributed by atoms with E-state index in [2.05, 4.69) is 32.2 Å². The standard InChI is InChI=1S/C22H31N5O3/c1-17-4-2-10-26(16-17)11-3-9-23-21(28)22-24-20(25-30-22)18-5-7-19(8-6-18)27-12-14-29-15-13-27/h5-8,17H,2-4,9-16H2,1H3,(H,23,28)/t17-/m0/s1. The molecule has 0 bridgehead atoms. The van der Waals surface area contributed by atoms with Crippen LogP contribution in [0.5, 0.6) is 0 Å². The largest absolute Gasteiger partial charge is 0.378 e. The summed E-state index contributed by atoms with van der Waals surface area (Å²) in [4.78, 5) is 21.3. The third-order valence-electron chi connectivity index (χ3n) is 5.80. The van der Waals surface area contributed by atoms with Gasteiger partial charge in [0.25, 0.3) is 0 Å². The van der Waals surface area contributed by atoms with E-state index in [1.54, 1.807) is 0 Å². The van der Waals surface area contributed by atoms with Gasteiger partial charge in [0, 0.05) is 37.4 Å². The zero-order chi connectivity index (χ0) is 20.8. The van der Waals surface area contributed by atoms with Crippen LogP contribution in [-0.2, 0) is 4.74 Å². The summed E-state index contributed by atoms with van der Waals surface area (Å²) in [7, 11) is 0. The fraction of sp³-hybridized carbons (Fsp3) is 0.591. The van der Waals surface area contributed by atoms with Gasteiger partial charge in [0.1, 0.15) is 0 Å². The molecule has 8 nitrogen and oxygen atoms in total. The average Bonchev–Trinajstić information content (AvgIpc) is 3.28. The Labute approximate surface area is 177 Å². The van der Waals surface area contributed by atoms with Gasteiger partial charge in [-0.15, -0.1) is 0 Å². The molecular formula is C22H31N5O3. The van der Waals surface area contributed by atoms with Gasteiger partial charge in [-0.1, -0.05) is 12.1 Å². The van der Waals surface area contributed by atoms with Crippen molar-refractivity contribution in [1.82, 2.24) is 20.4 Å². The fourth-order valence-corrected chi connectivity index (χ4v) is 4.15. The van der Waals surface area contributed by atoms with Gasteiger partial charge < -0.3 is 24.4 Å². The van der Waals surface area contributed by atoms with E-state index in [-0.39, 0.29) is 11.8 Å². The number of hydrogen-bond donors (Lipinski definition) is 1. The second-order valence-electron chi connectivity index (χ2n) is 8.23. The highest BCUT2D eigenvalue weighted by Crippen LogP contribution is 2.22. The second-order valence-corrected chi connectivity index (χ2v) is 8.23. The number of amides is 1. The topological polar surface area (TPSA) is 83.7 Å². The number of carbonyl (C=O) groups is 1. The number of morpholine rings is 1. The van der Waals surface area contributed by atoms with Crippen LogP contribution in [0, 0.1) is 5.92 Å². The van der Waals surface area contributed by atoms with Gasteiger partial charge in [0.2, 0.25) is 5.82 Å². The molecule has 1 amide bonds. The van der Waals surface area contributed by atoms with E-state index in [1.165, 1.54) is 12.8 Å². The molecule has 2 aliphatic heterocycles. The molecule has 162 valence electrons. The summed E-state index contributed by atoms with van der Waals surface area (Å²) in [6.45, 7) is 9.53. The smallest absolute Gasteiger partial charge is 0.316 e. The lowest BCUT2D eigenvalue weighted by molar-refractivity contribution is 0.0906. The number of carbonyl (C=O) groups excluding carboxylic acids is 1. The van der Waals surface area contributed by atoms with Crippen molar-refractivity contribution in [3.8, 4) is 11.4 Å². The first-order chi connectivity index (χ1) is 14.7. The molecular weight excluding hydrogens is 382 g/mol. The van der Waals surface area contributed by atoms with Crippen molar-refractivity contribution in [3.05, 3.63) is 30.2 Å². The maximum Gasteiger partial charge on any atom is 0.316 e. The monoisotopic (exact) mass is 413 g/mol. The Bertz CT molecular complexity index is 816. The Hall–Kier alpha value is -2.45. The lowest BCUT2D eigenvalue weighted by Gasteiger charge is -2.30. The normalized spacial score (nSPS) is 20.3. The highest BCUT2D eigenvalue weighted by molar-refractivity contribution is 5.89. The van der Waals surface area contributed by atoms with Crippen molar-refractivity contribution in [2.45, 2.75) is 26.2 Å². The van der Waals surface area contributed by atoms with Gasteiger partial charge in [-0.25, -0.2) is 0 Å². The summed E-state index contributed by atoms with van der Waals surface area (Å²) < 4.78 is 10.6. The molecule has 30 heavy (non-hydrogen) atoms. The highest BCUT2D eigenvalue weighted by Gasteiger charge is 2.18. The van der Waals surface area contributed by atoms with E-state index < -0.39 is 0 Å². The molecule has 8 heteroatoms. The summed E-state index contributed by atoms with van der Waals surface area (Å²) in [5, 5.41) is 6.86. The summed E-state index contributed by atoms with van der Waals surface area (Å²) in [6.07, 6.45) is 3.51. The van der Waals surface area contributed by atoms with Crippen molar-refractivity contribution >= 4 is 11.6 Å². The molecule has 0 radical (unpaired) electrons. The third-order valence-corrected chi connectivity index (χ3v) is 5.80. The maximum atomic E-state index is 12.3. The van der Waals surface area contributed by atoms with Gasteiger partial charge in [0.05, 0.1) is 13.2 Å². The van der Waals surface area contributed by atoms with E-state index in [0.29, 0.717) is 12.4 Å². The average molecular weight is 414 g/mol. The maximum absolute atomic E-state index is 12.3. The van der Waals surface area contributed by atoms with Crippen molar-refractivity contribution in [1.29, 1.82) is 0 Å². The van der Waals surface area contributed by atoms with Gasteiger partial charge >= 0.3 is 11.8 Å². The summed E-state index contributed by atoms with van der Waals surface area (Å²) in [5.74, 6) is 0.892. The third kappa shape index (κ3) is 5.37. The molecule has 0 saturated carbocycles. The zero-order valence-electron chi connectivity index (χ0n) is 17.7. The molecule has 1 N–H and O–H groups in total. The van der Waals surface area contributed by atoms with Gasteiger partial charge in [-0.2, -0.15) is 4.98 Å². The predicted molar refractivity (Wildman–Crippen MR) is 115 cm³/mol. The van der Waals surface area contributed by atoms with Crippen molar-refractivity contribution in [3.63, 3.8) is 0 Å². The number of likely N-dealkylation sites (tertiary alicyclic amines) is 1. The molecule has 4 rings (SSSR count). The predicted octanol–water partition coefficient (Wildman–Crippen LogP) is 2.43. The first-order valence-corrected chi connectivity index (χ1v) is 11.0. The molecule has 1 atom stereocenters. The zero-order valence-corrected chi connectivity index (χ0v) is 17.7. The van der Waals surface area contributed by atoms with Crippen LogP contribution in [0.4, 0.5) is 5.69 Å². The number of benzene rings is 1. The number of hydrogen-bond acceptors (Lipinski definition) is 7.